The highest BCUT2D eigenvalue weighted by Crippen LogP contribution is 2.42. The summed E-state index contributed by atoms with van der Waals surface area (Å²) in [6.45, 7) is 2.99. The molecular weight excluding hydrogens is 306 g/mol. The van der Waals surface area contributed by atoms with Crippen LogP contribution in [0, 0.1) is 0 Å². The standard InChI is InChI=1S/C18H17N3O3/c1-2-3-8-19-17-15-14(12-6-4-9-22-12)16(13-7-5-10-23-13)24-18(15)21-11-20-17/h4-7,9-11H,2-3,8H2,1H3,(H,19,20,21). The van der Waals surface area contributed by atoms with Crippen LogP contribution in [-0.4, -0.2) is 16.5 Å². The minimum Gasteiger partial charge on any atom is -0.464 e. The third-order valence-corrected chi connectivity index (χ3v) is 3.82. The van der Waals surface area contributed by atoms with Crippen molar-refractivity contribution in [1.29, 1.82) is 0 Å². The molecule has 1 N–H and O–H groups in total. The number of aromatic nitrogens is 2. The minimum atomic E-state index is 0.502. The lowest BCUT2D eigenvalue weighted by Crippen LogP contribution is -2.03. The van der Waals surface area contributed by atoms with E-state index < -0.39 is 0 Å². The van der Waals surface area contributed by atoms with Crippen molar-refractivity contribution >= 4 is 16.9 Å². The van der Waals surface area contributed by atoms with Crippen molar-refractivity contribution in [1.82, 2.24) is 9.97 Å². The lowest BCUT2D eigenvalue weighted by molar-refractivity contribution is 0.536. The monoisotopic (exact) mass is 323 g/mol. The number of furan rings is 3. The predicted octanol–water partition coefficient (Wildman–Crippen LogP) is 4.95. The number of nitrogens with one attached hydrogen (secondary N) is 1. The van der Waals surface area contributed by atoms with E-state index in [-0.39, 0.29) is 0 Å². The van der Waals surface area contributed by atoms with E-state index in [1.807, 2.05) is 24.3 Å². The van der Waals surface area contributed by atoms with E-state index in [2.05, 4.69) is 22.2 Å². The number of nitrogens with zero attached hydrogens (tertiary/aromatic N) is 2. The lowest BCUT2D eigenvalue weighted by Gasteiger charge is -2.06. The Balaban J connectivity index is 1.93. The molecule has 6 heteroatoms. The van der Waals surface area contributed by atoms with Gasteiger partial charge in [-0.1, -0.05) is 13.3 Å². The molecule has 4 rings (SSSR count). The molecule has 0 aliphatic rings. The second-order valence-corrected chi connectivity index (χ2v) is 5.44. The van der Waals surface area contributed by atoms with Crippen molar-refractivity contribution in [2.75, 3.05) is 11.9 Å². The van der Waals surface area contributed by atoms with Gasteiger partial charge in [0.05, 0.1) is 23.5 Å². The molecule has 0 spiro atoms. The van der Waals surface area contributed by atoms with E-state index in [1.165, 1.54) is 6.33 Å². The highest BCUT2D eigenvalue weighted by Gasteiger charge is 2.24. The molecule has 0 bridgehead atoms. The summed E-state index contributed by atoms with van der Waals surface area (Å²) in [6, 6.07) is 7.40. The van der Waals surface area contributed by atoms with Crippen LogP contribution in [0.4, 0.5) is 5.82 Å². The zero-order valence-electron chi connectivity index (χ0n) is 13.3. The molecule has 0 unspecified atom stereocenters. The largest absolute Gasteiger partial charge is 0.464 e. The van der Waals surface area contributed by atoms with Crippen LogP contribution in [0.1, 0.15) is 19.8 Å². The lowest BCUT2D eigenvalue weighted by atomic mass is 10.1. The molecule has 0 aliphatic heterocycles. The number of rotatable bonds is 6. The third-order valence-electron chi connectivity index (χ3n) is 3.82. The molecule has 0 fully saturated rings. The van der Waals surface area contributed by atoms with E-state index in [4.69, 9.17) is 13.3 Å². The zero-order chi connectivity index (χ0) is 16.4. The van der Waals surface area contributed by atoms with Gasteiger partial charge in [0.15, 0.2) is 11.5 Å². The normalized spacial score (nSPS) is 11.2. The maximum absolute atomic E-state index is 5.97. The summed E-state index contributed by atoms with van der Waals surface area (Å²) in [4.78, 5) is 8.66. The molecule has 0 radical (unpaired) electrons. The first-order chi connectivity index (χ1) is 11.9. The van der Waals surface area contributed by atoms with Crippen LogP contribution in [0.25, 0.3) is 33.9 Å². The molecule has 4 heterocycles. The SMILES string of the molecule is CCCCNc1ncnc2oc(-c3ccco3)c(-c3ccco3)c12. The minimum absolute atomic E-state index is 0.502. The van der Waals surface area contributed by atoms with E-state index in [9.17, 15) is 0 Å². The van der Waals surface area contributed by atoms with E-state index in [0.29, 0.717) is 23.0 Å². The molecular formula is C18H17N3O3. The fourth-order valence-corrected chi connectivity index (χ4v) is 2.69. The molecule has 4 aromatic rings. The average molecular weight is 323 g/mol. The Morgan fingerprint density at radius 3 is 2.54 bits per heavy atom. The number of anilines is 1. The Morgan fingerprint density at radius 1 is 1.04 bits per heavy atom. The maximum atomic E-state index is 5.97. The summed E-state index contributed by atoms with van der Waals surface area (Å²) < 4.78 is 17.1. The molecule has 6 nitrogen and oxygen atoms in total. The van der Waals surface area contributed by atoms with E-state index >= 15 is 0 Å². The van der Waals surface area contributed by atoms with Gasteiger partial charge in [0.2, 0.25) is 5.71 Å². The highest BCUT2D eigenvalue weighted by molar-refractivity contribution is 6.04. The van der Waals surface area contributed by atoms with Crippen LogP contribution >= 0.6 is 0 Å². The first kappa shape index (κ1) is 14.6. The second kappa shape index (κ2) is 6.23. The molecule has 0 saturated carbocycles. The van der Waals surface area contributed by atoms with Gasteiger partial charge >= 0.3 is 0 Å². The summed E-state index contributed by atoms with van der Waals surface area (Å²) in [7, 11) is 0. The van der Waals surface area contributed by atoms with Gasteiger partial charge in [-0.15, -0.1) is 0 Å². The van der Waals surface area contributed by atoms with Crippen molar-refractivity contribution in [3.8, 4) is 22.8 Å². The number of unbranched alkanes of at least 4 members (excludes halogenated alkanes) is 1. The topological polar surface area (TPSA) is 77.2 Å². The molecule has 4 aromatic heterocycles. The van der Waals surface area contributed by atoms with Crippen LogP contribution in [0.3, 0.4) is 0 Å². The quantitative estimate of drug-likeness (QED) is 0.506. The Morgan fingerprint density at radius 2 is 1.83 bits per heavy atom. The first-order valence-corrected chi connectivity index (χ1v) is 7.97. The molecule has 0 atom stereocenters. The van der Waals surface area contributed by atoms with Crippen molar-refractivity contribution in [3.63, 3.8) is 0 Å². The van der Waals surface area contributed by atoms with E-state index in [1.54, 1.807) is 12.5 Å². The van der Waals surface area contributed by atoms with Gasteiger partial charge in [0, 0.05) is 6.54 Å². The van der Waals surface area contributed by atoms with Crippen LogP contribution in [0.5, 0.6) is 0 Å². The van der Waals surface area contributed by atoms with Crippen LogP contribution < -0.4 is 5.32 Å². The van der Waals surface area contributed by atoms with Crippen molar-refractivity contribution in [2.45, 2.75) is 19.8 Å². The van der Waals surface area contributed by atoms with Gasteiger partial charge < -0.3 is 18.6 Å². The Kier molecular flexibility index (Phi) is 3.78. The fourth-order valence-electron chi connectivity index (χ4n) is 2.69. The van der Waals surface area contributed by atoms with Crippen molar-refractivity contribution < 1.29 is 13.3 Å². The Labute approximate surface area is 138 Å². The van der Waals surface area contributed by atoms with Crippen LogP contribution in [-0.2, 0) is 0 Å². The van der Waals surface area contributed by atoms with Gasteiger partial charge in [-0.2, -0.15) is 0 Å². The van der Waals surface area contributed by atoms with Gasteiger partial charge in [-0.25, -0.2) is 9.97 Å². The van der Waals surface area contributed by atoms with Gasteiger partial charge in [-0.05, 0) is 30.7 Å². The first-order valence-electron chi connectivity index (χ1n) is 7.97. The maximum Gasteiger partial charge on any atom is 0.232 e. The fraction of sp³-hybridized carbons (Fsp3) is 0.222. The van der Waals surface area contributed by atoms with Crippen LogP contribution in [0.15, 0.2) is 56.4 Å². The Hall–Kier alpha value is -3.02. The predicted molar refractivity (Wildman–Crippen MR) is 90.6 cm³/mol. The summed E-state index contributed by atoms with van der Waals surface area (Å²) >= 11 is 0. The number of hydrogen-bond acceptors (Lipinski definition) is 6. The molecule has 122 valence electrons. The molecule has 0 aromatic carbocycles. The molecule has 24 heavy (non-hydrogen) atoms. The molecule has 0 amide bonds. The Bertz CT molecular complexity index is 924. The van der Waals surface area contributed by atoms with Gasteiger partial charge in [0.25, 0.3) is 0 Å². The second-order valence-electron chi connectivity index (χ2n) is 5.44. The molecule has 0 aliphatic carbocycles. The van der Waals surface area contributed by atoms with Gasteiger partial charge in [0.1, 0.15) is 17.9 Å². The average Bonchev–Trinajstić information content (AvgIpc) is 3.33. The highest BCUT2D eigenvalue weighted by atomic mass is 16.4. The smallest absolute Gasteiger partial charge is 0.232 e. The van der Waals surface area contributed by atoms with Crippen molar-refractivity contribution in [2.24, 2.45) is 0 Å². The molecule has 0 saturated heterocycles. The van der Waals surface area contributed by atoms with Gasteiger partial charge in [-0.3, -0.25) is 0 Å². The van der Waals surface area contributed by atoms with E-state index in [0.717, 1.165) is 36.2 Å². The summed E-state index contributed by atoms with van der Waals surface area (Å²) in [5, 5.41) is 4.17. The zero-order valence-corrected chi connectivity index (χ0v) is 13.3. The summed E-state index contributed by atoms with van der Waals surface area (Å²) in [5.41, 5.74) is 1.30. The summed E-state index contributed by atoms with van der Waals surface area (Å²) in [6.07, 6.45) is 6.91. The summed E-state index contributed by atoms with van der Waals surface area (Å²) in [5.74, 6) is 2.64. The number of hydrogen-bond donors (Lipinski definition) is 1. The third kappa shape index (κ3) is 2.46. The number of fused-ring (bicyclic) bond motifs is 1. The van der Waals surface area contributed by atoms with Crippen LogP contribution in [0.2, 0.25) is 0 Å². The van der Waals surface area contributed by atoms with Crippen molar-refractivity contribution in [3.05, 3.63) is 43.1 Å².